The van der Waals surface area contributed by atoms with Crippen LogP contribution in [-0.2, 0) is 12.4 Å². The van der Waals surface area contributed by atoms with E-state index in [0.717, 1.165) is 17.9 Å². The van der Waals surface area contributed by atoms with Crippen molar-refractivity contribution in [3.8, 4) is 0 Å². The zero-order valence-electron chi connectivity index (χ0n) is 13.0. The Balaban J connectivity index is 2.08. The van der Waals surface area contributed by atoms with E-state index in [4.69, 9.17) is 16.6 Å². The molecule has 1 saturated carbocycles. The molecule has 0 atom stereocenters. The number of fused-ring (bicyclic) bond motifs is 1. The molecule has 0 N–H and O–H groups in total. The number of nitrogens with zero attached hydrogens (tertiary/aromatic N) is 2. The number of alkyl halides is 1. The normalized spacial score (nSPS) is 20.5. The molecule has 0 spiro atoms. The fourth-order valence-corrected chi connectivity index (χ4v) is 3.89. The third-order valence-corrected chi connectivity index (χ3v) is 6.09. The summed E-state index contributed by atoms with van der Waals surface area (Å²) >= 11 is 6.12. The highest BCUT2D eigenvalue weighted by Gasteiger charge is 2.64. The monoisotopic (exact) mass is 290 g/mol. The summed E-state index contributed by atoms with van der Waals surface area (Å²) in [5.74, 6) is 2.14. The first-order valence-corrected chi connectivity index (χ1v) is 7.85. The second kappa shape index (κ2) is 4.24. The maximum absolute atomic E-state index is 6.12. The predicted molar refractivity (Wildman–Crippen MR) is 85.1 cm³/mol. The van der Waals surface area contributed by atoms with Gasteiger partial charge in [-0.1, -0.05) is 39.8 Å². The molecule has 0 radical (unpaired) electrons. The Hall–Kier alpha value is -1.02. The molecule has 2 aromatic rings. The molecule has 0 amide bonds. The smallest absolute Gasteiger partial charge is 0.124 e. The molecular weight excluding hydrogens is 268 g/mol. The van der Waals surface area contributed by atoms with Crippen LogP contribution >= 0.6 is 11.6 Å². The summed E-state index contributed by atoms with van der Waals surface area (Å²) < 4.78 is 2.35. The fraction of sp³-hybridized carbons (Fsp3) is 0.588. The van der Waals surface area contributed by atoms with Crippen molar-refractivity contribution in [2.24, 2.45) is 16.7 Å². The first-order valence-electron chi connectivity index (χ1n) is 7.31. The number of rotatable bonds is 3. The van der Waals surface area contributed by atoms with E-state index in [-0.39, 0.29) is 0 Å². The number of benzene rings is 1. The van der Waals surface area contributed by atoms with E-state index in [1.165, 1.54) is 11.1 Å². The van der Waals surface area contributed by atoms with E-state index >= 15 is 0 Å². The molecule has 0 bridgehead atoms. The third-order valence-electron chi connectivity index (χ3n) is 5.85. The van der Waals surface area contributed by atoms with Crippen LogP contribution in [0.15, 0.2) is 18.2 Å². The highest BCUT2D eigenvalue weighted by molar-refractivity contribution is 6.16. The van der Waals surface area contributed by atoms with Gasteiger partial charge in [-0.25, -0.2) is 4.98 Å². The Bertz CT molecular complexity index is 653. The number of hydrogen-bond acceptors (Lipinski definition) is 1. The Morgan fingerprint density at radius 3 is 2.40 bits per heavy atom. The van der Waals surface area contributed by atoms with Crippen molar-refractivity contribution in [1.29, 1.82) is 0 Å². The van der Waals surface area contributed by atoms with Crippen LogP contribution in [0.2, 0.25) is 0 Å². The van der Waals surface area contributed by atoms with E-state index in [1.807, 2.05) is 0 Å². The van der Waals surface area contributed by atoms with E-state index < -0.39 is 0 Å². The maximum atomic E-state index is 6.12. The molecule has 1 heterocycles. The predicted octanol–water partition coefficient (Wildman–Crippen LogP) is 4.77. The lowest BCUT2D eigenvalue weighted by Crippen LogP contribution is -2.08. The molecule has 1 aromatic carbocycles. The number of halogens is 1. The number of aryl methyl sites for hydroxylation is 1. The molecule has 3 rings (SSSR count). The number of aromatic nitrogens is 2. The standard InChI is InChI=1S/C17H23ClN2/c1-11-7-6-8-12-15(11)20(14(9-18)19-12)10-13-16(2,3)17(13,4)5/h6-8,13H,9-10H2,1-5H3. The lowest BCUT2D eigenvalue weighted by Gasteiger charge is -2.10. The number of hydrogen-bond donors (Lipinski definition) is 0. The molecule has 108 valence electrons. The zero-order chi connectivity index (χ0) is 14.7. The van der Waals surface area contributed by atoms with E-state index in [9.17, 15) is 0 Å². The van der Waals surface area contributed by atoms with E-state index in [2.05, 4.69) is 57.4 Å². The summed E-state index contributed by atoms with van der Waals surface area (Å²) in [7, 11) is 0. The topological polar surface area (TPSA) is 17.8 Å². The molecule has 3 heteroatoms. The molecule has 1 aliphatic carbocycles. The fourth-order valence-electron chi connectivity index (χ4n) is 3.68. The van der Waals surface area contributed by atoms with E-state index in [1.54, 1.807) is 0 Å². The van der Waals surface area contributed by atoms with Gasteiger partial charge in [0.25, 0.3) is 0 Å². The number of imidazole rings is 1. The average Bonchev–Trinajstić information content (AvgIpc) is 2.71. The Morgan fingerprint density at radius 2 is 1.85 bits per heavy atom. The van der Waals surface area contributed by atoms with Crippen molar-refractivity contribution in [2.75, 3.05) is 0 Å². The van der Waals surface area contributed by atoms with Crippen molar-refractivity contribution >= 4 is 22.6 Å². The van der Waals surface area contributed by atoms with Crippen LogP contribution in [-0.4, -0.2) is 9.55 Å². The van der Waals surface area contributed by atoms with Gasteiger partial charge in [-0.2, -0.15) is 0 Å². The molecular formula is C17H23ClN2. The SMILES string of the molecule is Cc1cccc2nc(CCl)n(CC3C(C)(C)C3(C)C)c12. The van der Waals surface area contributed by atoms with Gasteiger partial charge in [0.2, 0.25) is 0 Å². The van der Waals surface area contributed by atoms with Gasteiger partial charge in [0.15, 0.2) is 0 Å². The van der Waals surface area contributed by atoms with E-state index in [0.29, 0.717) is 22.6 Å². The van der Waals surface area contributed by atoms with Crippen LogP contribution in [0.5, 0.6) is 0 Å². The first kappa shape index (κ1) is 13.9. The number of para-hydroxylation sites is 1. The molecule has 2 nitrogen and oxygen atoms in total. The molecule has 1 aromatic heterocycles. The van der Waals surface area contributed by atoms with Crippen LogP contribution in [0, 0.1) is 23.7 Å². The average molecular weight is 291 g/mol. The van der Waals surface area contributed by atoms with Gasteiger partial charge in [0.1, 0.15) is 5.82 Å². The largest absolute Gasteiger partial charge is 0.326 e. The van der Waals surface area contributed by atoms with Gasteiger partial charge in [0.05, 0.1) is 16.9 Å². The van der Waals surface area contributed by atoms with Crippen LogP contribution < -0.4 is 0 Å². The van der Waals surface area contributed by atoms with Gasteiger partial charge >= 0.3 is 0 Å². The Morgan fingerprint density at radius 1 is 1.20 bits per heavy atom. The molecule has 0 aliphatic heterocycles. The second-order valence-corrected chi connectivity index (χ2v) is 7.48. The van der Waals surface area contributed by atoms with Crippen molar-refractivity contribution in [3.05, 3.63) is 29.6 Å². The Kier molecular flexibility index (Phi) is 2.95. The summed E-state index contributed by atoms with van der Waals surface area (Å²) in [5, 5.41) is 0. The molecule has 20 heavy (non-hydrogen) atoms. The van der Waals surface area contributed by atoms with Gasteiger partial charge in [-0.15, -0.1) is 11.6 Å². The summed E-state index contributed by atoms with van der Waals surface area (Å²) in [6.45, 7) is 12.6. The Labute approximate surface area is 126 Å². The molecule has 1 aliphatic rings. The molecule has 1 fully saturated rings. The quantitative estimate of drug-likeness (QED) is 0.745. The third kappa shape index (κ3) is 1.74. The van der Waals surface area contributed by atoms with Crippen LogP contribution in [0.4, 0.5) is 0 Å². The molecule has 0 unspecified atom stereocenters. The van der Waals surface area contributed by atoms with Crippen LogP contribution in [0.25, 0.3) is 11.0 Å². The van der Waals surface area contributed by atoms with Crippen LogP contribution in [0.3, 0.4) is 0 Å². The van der Waals surface area contributed by atoms with Crippen molar-refractivity contribution in [2.45, 2.75) is 47.0 Å². The lowest BCUT2D eigenvalue weighted by molar-refractivity contribution is 0.457. The molecule has 0 saturated heterocycles. The second-order valence-electron chi connectivity index (χ2n) is 7.21. The highest BCUT2D eigenvalue weighted by atomic mass is 35.5. The summed E-state index contributed by atoms with van der Waals surface area (Å²) in [6.07, 6.45) is 0. The summed E-state index contributed by atoms with van der Waals surface area (Å²) in [4.78, 5) is 4.70. The van der Waals surface area contributed by atoms with Crippen molar-refractivity contribution in [1.82, 2.24) is 9.55 Å². The highest BCUT2D eigenvalue weighted by Crippen LogP contribution is 2.69. The first-order chi connectivity index (χ1) is 9.30. The maximum Gasteiger partial charge on any atom is 0.124 e. The van der Waals surface area contributed by atoms with Gasteiger partial charge in [-0.3, -0.25) is 0 Å². The minimum absolute atomic E-state index is 0.385. The van der Waals surface area contributed by atoms with Gasteiger partial charge in [0, 0.05) is 6.54 Å². The van der Waals surface area contributed by atoms with Crippen molar-refractivity contribution < 1.29 is 0 Å². The summed E-state index contributed by atoms with van der Waals surface area (Å²) in [5.41, 5.74) is 4.37. The zero-order valence-corrected chi connectivity index (χ0v) is 13.8. The summed E-state index contributed by atoms with van der Waals surface area (Å²) in [6, 6.07) is 6.30. The van der Waals surface area contributed by atoms with Gasteiger partial charge < -0.3 is 4.57 Å². The minimum atomic E-state index is 0.385. The van der Waals surface area contributed by atoms with Gasteiger partial charge in [-0.05, 0) is 35.3 Å². The lowest BCUT2D eigenvalue weighted by atomic mass is 10.0. The van der Waals surface area contributed by atoms with Crippen molar-refractivity contribution in [3.63, 3.8) is 0 Å². The minimum Gasteiger partial charge on any atom is -0.326 e. The van der Waals surface area contributed by atoms with Crippen LogP contribution in [0.1, 0.15) is 39.1 Å².